The summed E-state index contributed by atoms with van der Waals surface area (Å²) in [5.74, 6) is -0.156. The van der Waals surface area contributed by atoms with Crippen molar-refractivity contribution >= 4 is 23.2 Å². The van der Waals surface area contributed by atoms with Gasteiger partial charge in [-0.2, -0.15) is 0 Å². The maximum absolute atomic E-state index is 9.59. The number of phenols is 2. The van der Waals surface area contributed by atoms with Gasteiger partial charge in [0.2, 0.25) is 0 Å². The van der Waals surface area contributed by atoms with E-state index in [1.54, 1.807) is 12.1 Å². The van der Waals surface area contributed by atoms with E-state index in [1.165, 1.54) is 11.1 Å². The molecule has 0 aromatic heterocycles. The van der Waals surface area contributed by atoms with E-state index < -0.39 is 0 Å². The summed E-state index contributed by atoms with van der Waals surface area (Å²) in [4.78, 5) is 0. The van der Waals surface area contributed by atoms with E-state index in [2.05, 4.69) is 29.6 Å². The van der Waals surface area contributed by atoms with Gasteiger partial charge in [0.25, 0.3) is 0 Å². The molecule has 0 bridgehead atoms. The molecule has 0 fully saturated rings. The first-order valence-corrected chi connectivity index (χ1v) is 7.41. The first kappa shape index (κ1) is 17.1. The van der Waals surface area contributed by atoms with Crippen LogP contribution in [-0.2, 0) is 13.0 Å². The van der Waals surface area contributed by atoms with Gasteiger partial charge in [-0.05, 0) is 47.0 Å². The van der Waals surface area contributed by atoms with Crippen molar-refractivity contribution < 1.29 is 10.2 Å². The van der Waals surface area contributed by atoms with E-state index in [0.29, 0.717) is 0 Å². The van der Waals surface area contributed by atoms with Gasteiger partial charge in [0.1, 0.15) is 0 Å². The Morgan fingerprint density at radius 3 is 2.17 bits per heavy atom. The summed E-state index contributed by atoms with van der Waals surface area (Å²) in [5, 5.41) is 24.4. The third-order valence-electron chi connectivity index (χ3n) is 3.76. The summed E-state index contributed by atoms with van der Waals surface area (Å²) in [7, 11) is 0. The topological polar surface area (TPSA) is 52.5 Å². The summed E-state index contributed by atoms with van der Waals surface area (Å²) in [6.07, 6.45) is 0.921. The minimum Gasteiger partial charge on any atom is -0.504 e. The fraction of sp³-hybridized carbons (Fsp3) is 0.158. The first-order chi connectivity index (χ1) is 10.7. The van der Waals surface area contributed by atoms with Crippen LogP contribution in [-0.4, -0.2) is 16.8 Å². The van der Waals surface area contributed by atoms with E-state index in [9.17, 15) is 10.2 Å². The Morgan fingerprint density at radius 1 is 0.739 bits per heavy atom. The second-order valence-electron chi connectivity index (χ2n) is 5.43. The molecule has 3 rings (SSSR count). The van der Waals surface area contributed by atoms with Crippen molar-refractivity contribution in [2.24, 2.45) is 0 Å². The predicted octanol–water partition coefficient (Wildman–Crippen LogP) is 4.01. The number of benzene rings is 3. The maximum Gasteiger partial charge on any atom is 0.158 e. The standard InChI is InChI=1S/C19H19NO2.ClH/c21-18-11-16-7-6-14(10-17(16)12-19(18)22)8-9-20-13-15-4-2-1-3-5-15;/h1-7,10-12,20-22H,8-9,13H2;1H. The minimum absolute atomic E-state index is 0. The van der Waals surface area contributed by atoms with Crippen LogP contribution in [0.2, 0.25) is 0 Å². The molecule has 0 unspecified atom stereocenters. The van der Waals surface area contributed by atoms with Gasteiger partial charge < -0.3 is 15.5 Å². The van der Waals surface area contributed by atoms with E-state index in [0.717, 1.165) is 30.3 Å². The molecule has 0 saturated carbocycles. The molecule has 3 aromatic carbocycles. The normalized spacial score (nSPS) is 10.4. The van der Waals surface area contributed by atoms with Gasteiger partial charge in [-0.3, -0.25) is 0 Å². The molecule has 3 nitrogen and oxygen atoms in total. The van der Waals surface area contributed by atoms with Crippen LogP contribution >= 0.6 is 12.4 Å². The van der Waals surface area contributed by atoms with E-state index >= 15 is 0 Å². The van der Waals surface area contributed by atoms with Crippen LogP contribution in [0.3, 0.4) is 0 Å². The Balaban J connectivity index is 0.00000192. The van der Waals surface area contributed by atoms with Crippen molar-refractivity contribution in [1.29, 1.82) is 0 Å². The smallest absolute Gasteiger partial charge is 0.158 e. The highest BCUT2D eigenvalue weighted by molar-refractivity contribution is 5.86. The molecule has 4 heteroatoms. The zero-order chi connectivity index (χ0) is 15.4. The van der Waals surface area contributed by atoms with Gasteiger partial charge >= 0.3 is 0 Å². The van der Waals surface area contributed by atoms with Crippen molar-refractivity contribution in [2.75, 3.05) is 6.54 Å². The van der Waals surface area contributed by atoms with Crippen molar-refractivity contribution in [2.45, 2.75) is 13.0 Å². The third kappa shape index (κ3) is 4.38. The lowest BCUT2D eigenvalue weighted by molar-refractivity contribution is 0.405. The van der Waals surface area contributed by atoms with Crippen LogP contribution in [0, 0.1) is 0 Å². The average molecular weight is 330 g/mol. The molecule has 120 valence electrons. The Morgan fingerprint density at radius 2 is 1.43 bits per heavy atom. The molecule has 0 aliphatic rings. The lowest BCUT2D eigenvalue weighted by atomic mass is 10.0. The largest absolute Gasteiger partial charge is 0.504 e. The molecule has 3 N–H and O–H groups in total. The molecule has 0 aliphatic carbocycles. The van der Waals surface area contributed by atoms with Crippen molar-refractivity contribution in [3.05, 3.63) is 71.8 Å². The molecular formula is C19H20ClNO2. The zero-order valence-electron chi connectivity index (χ0n) is 12.7. The summed E-state index contributed by atoms with van der Waals surface area (Å²) < 4.78 is 0. The fourth-order valence-electron chi connectivity index (χ4n) is 2.54. The number of aromatic hydroxyl groups is 2. The van der Waals surface area contributed by atoms with Crippen molar-refractivity contribution in [1.82, 2.24) is 5.32 Å². The van der Waals surface area contributed by atoms with Gasteiger partial charge in [-0.15, -0.1) is 12.4 Å². The molecule has 0 atom stereocenters. The quantitative estimate of drug-likeness (QED) is 0.490. The van der Waals surface area contributed by atoms with Crippen LogP contribution in [0.5, 0.6) is 11.5 Å². The van der Waals surface area contributed by atoms with Crippen LogP contribution in [0.15, 0.2) is 60.7 Å². The first-order valence-electron chi connectivity index (χ1n) is 7.41. The molecule has 0 amide bonds. The monoisotopic (exact) mass is 329 g/mol. The second kappa shape index (κ2) is 7.86. The summed E-state index contributed by atoms with van der Waals surface area (Å²) in [6.45, 7) is 1.76. The zero-order valence-corrected chi connectivity index (χ0v) is 13.5. The summed E-state index contributed by atoms with van der Waals surface area (Å²) in [6, 6.07) is 19.6. The van der Waals surface area contributed by atoms with Gasteiger partial charge in [-0.25, -0.2) is 0 Å². The van der Waals surface area contributed by atoms with Gasteiger partial charge in [0.15, 0.2) is 11.5 Å². The maximum atomic E-state index is 9.59. The fourth-order valence-corrected chi connectivity index (χ4v) is 2.54. The third-order valence-corrected chi connectivity index (χ3v) is 3.76. The minimum atomic E-state index is -0.0789. The molecule has 0 saturated heterocycles. The van der Waals surface area contributed by atoms with Gasteiger partial charge in [-0.1, -0.05) is 48.5 Å². The Kier molecular flexibility index (Phi) is 5.85. The molecule has 0 radical (unpaired) electrons. The average Bonchev–Trinajstić information content (AvgIpc) is 2.54. The second-order valence-corrected chi connectivity index (χ2v) is 5.43. The Labute approximate surface area is 142 Å². The van der Waals surface area contributed by atoms with Crippen LogP contribution in [0.4, 0.5) is 0 Å². The molecule has 0 aliphatic heterocycles. The van der Waals surface area contributed by atoms with Crippen molar-refractivity contribution in [3.63, 3.8) is 0 Å². The summed E-state index contributed by atoms with van der Waals surface area (Å²) >= 11 is 0. The number of hydrogen-bond donors (Lipinski definition) is 3. The van der Waals surface area contributed by atoms with Crippen molar-refractivity contribution in [3.8, 4) is 11.5 Å². The molecule has 3 aromatic rings. The molecular weight excluding hydrogens is 310 g/mol. The van der Waals surface area contributed by atoms with Gasteiger partial charge in [0.05, 0.1) is 0 Å². The summed E-state index contributed by atoms with van der Waals surface area (Å²) in [5.41, 5.74) is 2.49. The van der Waals surface area contributed by atoms with E-state index in [1.807, 2.05) is 24.3 Å². The van der Waals surface area contributed by atoms with Crippen LogP contribution in [0.25, 0.3) is 10.8 Å². The lowest BCUT2D eigenvalue weighted by Crippen LogP contribution is -2.16. The predicted molar refractivity (Wildman–Crippen MR) is 96.4 cm³/mol. The number of hydrogen-bond acceptors (Lipinski definition) is 3. The number of nitrogens with one attached hydrogen (secondary N) is 1. The Bertz CT molecular complexity index is 775. The molecule has 0 heterocycles. The molecule has 23 heavy (non-hydrogen) atoms. The highest BCUT2D eigenvalue weighted by atomic mass is 35.5. The highest BCUT2D eigenvalue weighted by Gasteiger charge is 2.03. The Hall–Kier alpha value is -2.23. The highest BCUT2D eigenvalue weighted by Crippen LogP contribution is 2.30. The number of fused-ring (bicyclic) bond motifs is 1. The van der Waals surface area contributed by atoms with Crippen LogP contribution < -0.4 is 5.32 Å². The SMILES string of the molecule is Cl.Oc1cc2ccc(CCNCc3ccccc3)cc2cc1O. The lowest BCUT2D eigenvalue weighted by Gasteiger charge is -2.07. The van der Waals surface area contributed by atoms with Gasteiger partial charge in [0, 0.05) is 6.54 Å². The van der Waals surface area contributed by atoms with E-state index in [4.69, 9.17) is 0 Å². The number of phenolic OH excluding ortho intramolecular Hbond substituents is 2. The number of rotatable bonds is 5. The molecule has 0 spiro atoms. The van der Waals surface area contributed by atoms with Crippen LogP contribution in [0.1, 0.15) is 11.1 Å². The number of halogens is 1. The van der Waals surface area contributed by atoms with E-state index in [-0.39, 0.29) is 23.9 Å².